The first-order valence-corrected chi connectivity index (χ1v) is 5.59. The Morgan fingerprint density at radius 3 is 2.89 bits per heavy atom. The highest BCUT2D eigenvalue weighted by Crippen LogP contribution is 2.40. The fourth-order valence-electron chi connectivity index (χ4n) is 2.24. The van der Waals surface area contributed by atoms with Crippen molar-refractivity contribution in [2.24, 2.45) is 5.11 Å². The summed E-state index contributed by atoms with van der Waals surface area (Å²) in [7, 11) is 0. The molecule has 98 valence electrons. The van der Waals surface area contributed by atoms with Crippen molar-refractivity contribution < 1.29 is 19.3 Å². The first kappa shape index (κ1) is 13.1. The van der Waals surface area contributed by atoms with Crippen LogP contribution >= 0.6 is 0 Å². The zero-order chi connectivity index (χ0) is 13.3. The summed E-state index contributed by atoms with van der Waals surface area (Å²) in [6, 6.07) is 1.14. The van der Waals surface area contributed by atoms with Crippen molar-refractivity contribution >= 4 is 0 Å². The Balaban J connectivity index is 2.17. The molecule has 0 aromatic carbocycles. The molecule has 2 rings (SSSR count). The number of nitriles is 1. The number of fused-ring (bicyclic) bond motifs is 1. The van der Waals surface area contributed by atoms with Crippen LogP contribution in [0.15, 0.2) is 5.11 Å². The minimum absolute atomic E-state index is 0.106. The van der Waals surface area contributed by atoms with Crippen LogP contribution in [0.5, 0.6) is 0 Å². The first-order chi connectivity index (χ1) is 8.48. The van der Waals surface area contributed by atoms with E-state index in [1.807, 2.05) is 6.07 Å². The van der Waals surface area contributed by atoms with Crippen molar-refractivity contribution in [2.75, 3.05) is 0 Å². The van der Waals surface area contributed by atoms with Crippen LogP contribution < -0.4 is 0 Å². The lowest BCUT2D eigenvalue weighted by molar-refractivity contribution is -0.215. The molecular formula is C10H14N4O4. The molecule has 0 amide bonds. The summed E-state index contributed by atoms with van der Waals surface area (Å²) in [6.07, 6.45) is -3.17. The maximum absolute atomic E-state index is 9.79. The summed E-state index contributed by atoms with van der Waals surface area (Å²) in [4.78, 5) is 2.73. The second kappa shape index (κ2) is 4.72. The highest BCUT2D eigenvalue weighted by atomic mass is 16.8. The van der Waals surface area contributed by atoms with Gasteiger partial charge in [0.1, 0.15) is 6.10 Å². The van der Waals surface area contributed by atoms with E-state index in [9.17, 15) is 5.11 Å². The molecule has 0 radical (unpaired) electrons. The third-order valence-corrected chi connectivity index (χ3v) is 2.92. The molecule has 2 aliphatic rings. The van der Waals surface area contributed by atoms with Gasteiger partial charge in [-0.15, -0.1) is 0 Å². The number of nitrogens with zero attached hydrogens (tertiary/aromatic N) is 4. The molecule has 0 spiro atoms. The quantitative estimate of drug-likeness (QED) is 0.454. The second-order valence-corrected chi connectivity index (χ2v) is 4.69. The summed E-state index contributed by atoms with van der Waals surface area (Å²) >= 11 is 0. The molecule has 5 unspecified atom stereocenters. The van der Waals surface area contributed by atoms with E-state index in [-0.39, 0.29) is 6.42 Å². The van der Waals surface area contributed by atoms with Crippen LogP contribution in [0.1, 0.15) is 20.3 Å². The fourth-order valence-corrected chi connectivity index (χ4v) is 2.24. The van der Waals surface area contributed by atoms with Gasteiger partial charge in [0.25, 0.3) is 0 Å². The average Bonchev–Trinajstić information content (AvgIpc) is 2.73. The largest absolute Gasteiger partial charge is 0.389 e. The predicted octanol–water partition coefficient (Wildman–Crippen LogP) is 0.816. The lowest BCUT2D eigenvalue weighted by Crippen LogP contribution is -2.39. The standard InChI is InChI=1S/C10H14N4O4/c1-10(2)17-8-6(13-14-12)7(5(15)3-4-11)16-9(8)18-10/h5-9,15H,3H2,1-2H3. The molecule has 8 nitrogen and oxygen atoms in total. The minimum Gasteiger partial charge on any atom is -0.389 e. The van der Waals surface area contributed by atoms with Crippen molar-refractivity contribution in [3.8, 4) is 6.07 Å². The summed E-state index contributed by atoms with van der Waals surface area (Å²) in [5.41, 5.74) is 8.57. The van der Waals surface area contributed by atoms with Crippen molar-refractivity contribution in [3.63, 3.8) is 0 Å². The van der Waals surface area contributed by atoms with Gasteiger partial charge in [-0.05, 0) is 19.4 Å². The van der Waals surface area contributed by atoms with E-state index in [0.717, 1.165) is 0 Å². The van der Waals surface area contributed by atoms with E-state index in [2.05, 4.69) is 10.0 Å². The van der Waals surface area contributed by atoms with Crippen LogP contribution in [0.2, 0.25) is 0 Å². The van der Waals surface area contributed by atoms with Gasteiger partial charge in [0.15, 0.2) is 12.1 Å². The Kier molecular flexibility index (Phi) is 3.43. The van der Waals surface area contributed by atoms with E-state index in [4.69, 9.17) is 25.0 Å². The van der Waals surface area contributed by atoms with Crippen LogP contribution in [-0.2, 0) is 14.2 Å². The van der Waals surface area contributed by atoms with Crippen molar-refractivity contribution in [2.45, 2.75) is 56.7 Å². The molecule has 5 atom stereocenters. The predicted molar refractivity (Wildman–Crippen MR) is 57.9 cm³/mol. The van der Waals surface area contributed by atoms with Crippen LogP contribution in [0.4, 0.5) is 0 Å². The van der Waals surface area contributed by atoms with Crippen molar-refractivity contribution in [1.29, 1.82) is 5.26 Å². The summed E-state index contributed by atoms with van der Waals surface area (Å²) in [5.74, 6) is -0.816. The highest BCUT2D eigenvalue weighted by Gasteiger charge is 2.55. The number of azide groups is 1. The van der Waals surface area contributed by atoms with Gasteiger partial charge in [-0.2, -0.15) is 5.26 Å². The Labute approximate surface area is 104 Å². The fraction of sp³-hybridized carbons (Fsp3) is 0.900. The van der Waals surface area contributed by atoms with Gasteiger partial charge in [-0.25, -0.2) is 0 Å². The summed E-state index contributed by atoms with van der Waals surface area (Å²) < 4.78 is 16.6. The Hall–Kier alpha value is -1.36. The van der Waals surface area contributed by atoms with Crippen LogP contribution in [0, 0.1) is 11.3 Å². The molecule has 1 N–H and O–H groups in total. The highest BCUT2D eigenvalue weighted by molar-refractivity contribution is 5.01. The molecule has 0 saturated carbocycles. The third-order valence-electron chi connectivity index (χ3n) is 2.92. The SMILES string of the molecule is CC1(C)OC2OC(C(O)CC#N)C(N=[N+]=[N-])C2O1. The zero-order valence-electron chi connectivity index (χ0n) is 10.1. The van der Waals surface area contributed by atoms with Gasteiger partial charge < -0.3 is 19.3 Å². The van der Waals surface area contributed by atoms with Gasteiger partial charge in [-0.1, -0.05) is 5.11 Å². The molecular weight excluding hydrogens is 240 g/mol. The number of hydrogen-bond acceptors (Lipinski definition) is 6. The van der Waals surface area contributed by atoms with Crippen molar-refractivity contribution in [1.82, 2.24) is 0 Å². The number of aliphatic hydroxyl groups is 1. The third kappa shape index (κ3) is 2.27. The van der Waals surface area contributed by atoms with Gasteiger partial charge in [-0.3, -0.25) is 0 Å². The maximum atomic E-state index is 9.79. The minimum atomic E-state index is -1.04. The molecule has 18 heavy (non-hydrogen) atoms. The Bertz CT molecular complexity index is 415. The molecule has 0 aliphatic carbocycles. The molecule has 2 aliphatic heterocycles. The molecule has 0 aromatic heterocycles. The number of ether oxygens (including phenoxy) is 3. The van der Waals surface area contributed by atoms with E-state index >= 15 is 0 Å². The van der Waals surface area contributed by atoms with Crippen LogP contribution in [0.3, 0.4) is 0 Å². The first-order valence-electron chi connectivity index (χ1n) is 5.59. The maximum Gasteiger partial charge on any atom is 0.188 e. The van der Waals surface area contributed by atoms with E-state index in [0.29, 0.717) is 0 Å². The topological polar surface area (TPSA) is 120 Å². The molecule has 2 saturated heterocycles. The lowest BCUT2D eigenvalue weighted by Gasteiger charge is -2.25. The second-order valence-electron chi connectivity index (χ2n) is 4.69. The van der Waals surface area contributed by atoms with Gasteiger partial charge in [0.05, 0.1) is 30.7 Å². The van der Waals surface area contributed by atoms with Gasteiger partial charge >= 0.3 is 0 Å². The van der Waals surface area contributed by atoms with Crippen molar-refractivity contribution in [3.05, 3.63) is 10.4 Å². The molecule has 8 heteroatoms. The number of aliphatic hydroxyl groups excluding tert-OH is 1. The molecule has 2 fully saturated rings. The Morgan fingerprint density at radius 2 is 2.28 bits per heavy atom. The lowest BCUT2D eigenvalue weighted by atomic mass is 10.0. The average molecular weight is 254 g/mol. The normalized spacial score (nSPS) is 38.6. The monoisotopic (exact) mass is 254 g/mol. The van der Waals surface area contributed by atoms with E-state index in [1.165, 1.54) is 0 Å². The molecule has 0 aromatic rings. The molecule has 0 bridgehead atoms. The van der Waals surface area contributed by atoms with E-state index < -0.39 is 36.4 Å². The number of hydrogen-bond donors (Lipinski definition) is 1. The zero-order valence-corrected chi connectivity index (χ0v) is 10.1. The van der Waals surface area contributed by atoms with E-state index in [1.54, 1.807) is 13.8 Å². The van der Waals surface area contributed by atoms with Gasteiger partial charge in [0, 0.05) is 4.91 Å². The van der Waals surface area contributed by atoms with Crippen LogP contribution in [0.25, 0.3) is 10.4 Å². The van der Waals surface area contributed by atoms with Crippen LogP contribution in [-0.4, -0.2) is 41.5 Å². The summed E-state index contributed by atoms with van der Waals surface area (Å²) in [6.45, 7) is 3.45. The molecule has 2 heterocycles. The summed E-state index contributed by atoms with van der Waals surface area (Å²) in [5, 5.41) is 22.0. The van der Waals surface area contributed by atoms with Gasteiger partial charge in [0.2, 0.25) is 0 Å². The number of rotatable bonds is 3. The Morgan fingerprint density at radius 1 is 1.56 bits per heavy atom. The smallest absolute Gasteiger partial charge is 0.188 e.